The Hall–Kier alpha value is -1.37. The lowest BCUT2D eigenvalue weighted by molar-refractivity contribution is -0.199. The summed E-state index contributed by atoms with van der Waals surface area (Å²) in [5, 5.41) is 9.57. The lowest BCUT2D eigenvalue weighted by Crippen LogP contribution is -2.50. The zero-order valence-corrected chi connectivity index (χ0v) is 12.9. The Labute approximate surface area is 126 Å². The topological polar surface area (TPSA) is 33.8 Å². The predicted octanol–water partition coefficient (Wildman–Crippen LogP) is 3.62. The van der Waals surface area contributed by atoms with Gasteiger partial charge in [-0.05, 0) is 31.2 Å². The van der Waals surface area contributed by atoms with Gasteiger partial charge in [-0.15, -0.1) is 0 Å². The predicted molar refractivity (Wildman–Crippen MR) is 81.7 cm³/mol. The van der Waals surface area contributed by atoms with Crippen LogP contribution < -0.4 is 0 Å². The second kappa shape index (κ2) is 4.83. The molecule has 4 rings (SSSR count). The molecule has 1 aliphatic carbocycles. The molecule has 3 heteroatoms. The van der Waals surface area contributed by atoms with Crippen LogP contribution in [-0.4, -0.2) is 18.3 Å². The van der Waals surface area contributed by atoms with Gasteiger partial charge in [-0.2, -0.15) is 0 Å². The number of benzene rings is 1. The molecule has 2 saturated heterocycles. The van der Waals surface area contributed by atoms with Crippen LogP contribution in [0.25, 0.3) is 4.85 Å². The second-order valence-corrected chi connectivity index (χ2v) is 7.19. The third-order valence-corrected chi connectivity index (χ3v) is 5.51. The molecule has 21 heavy (non-hydrogen) atoms. The van der Waals surface area contributed by atoms with E-state index in [-0.39, 0.29) is 17.6 Å². The Morgan fingerprint density at radius 2 is 1.81 bits per heavy atom. The minimum absolute atomic E-state index is 0.00772. The number of rotatable bonds is 3. The van der Waals surface area contributed by atoms with Crippen LogP contribution in [0.15, 0.2) is 24.3 Å². The molecule has 112 valence electrons. The molecule has 2 bridgehead atoms. The minimum atomic E-state index is -0.470. The van der Waals surface area contributed by atoms with Gasteiger partial charge >= 0.3 is 0 Å². The summed E-state index contributed by atoms with van der Waals surface area (Å²) in [7, 11) is 0. The molecule has 0 unspecified atom stereocenters. The standard InChI is InChI=1S/C18H23NO2/c1-16(2,19-3)14-4-6-15(7-5-14)18-10-8-17(12-20,9-11-18)13-21-18/h4-7,20H,8-13H2,1-2H3. The summed E-state index contributed by atoms with van der Waals surface area (Å²) in [5.41, 5.74) is 1.64. The van der Waals surface area contributed by atoms with Crippen molar-refractivity contribution in [2.24, 2.45) is 5.41 Å². The third-order valence-electron chi connectivity index (χ3n) is 5.51. The van der Waals surface area contributed by atoms with Crippen molar-refractivity contribution in [1.82, 2.24) is 0 Å². The number of nitrogens with zero attached hydrogens (tertiary/aromatic N) is 1. The van der Waals surface area contributed by atoms with E-state index >= 15 is 0 Å². The molecule has 3 aliphatic rings. The first kappa shape index (κ1) is 14.6. The summed E-state index contributed by atoms with van der Waals surface area (Å²) in [4.78, 5) is 3.69. The molecule has 1 aromatic rings. The van der Waals surface area contributed by atoms with Gasteiger partial charge in [0.1, 0.15) is 0 Å². The van der Waals surface area contributed by atoms with Gasteiger partial charge in [0.25, 0.3) is 5.54 Å². The molecule has 0 radical (unpaired) electrons. The Kier molecular flexibility index (Phi) is 3.35. The van der Waals surface area contributed by atoms with Crippen LogP contribution >= 0.6 is 0 Å². The summed E-state index contributed by atoms with van der Waals surface area (Å²) in [6.45, 7) is 12.1. The third kappa shape index (κ3) is 2.27. The van der Waals surface area contributed by atoms with Crippen molar-refractivity contribution in [2.45, 2.75) is 50.7 Å². The zero-order valence-electron chi connectivity index (χ0n) is 12.9. The number of fused-ring (bicyclic) bond motifs is 3. The summed E-state index contributed by atoms with van der Waals surface area (Å²) in [6.07, 6.45) is 4.05. The quantitative estimate of drug-likeness (QED) is 0.861. The number of ether oxygens (including phenoxy) is 1. The first-order valence-electron chi connectivity index (χ1n) is 7.70. The smallest absolute Gasteiger partial charge is 0.252 e. The fourth-order valence-electron chi connectivity index (χ4n) is 3.59. The highest BCUT2D eigenvalue weighted by Crippen LogP contribution is 2.53. The average molecular weight is 285 g/mol. The number of hydrogen-bond acceptors (Lipinski definition) is 2. The normalized spacial score (nSPS) is 31.9. The van der Waals surface area contributed by atoms with E-state index in [0.29, 0.717) is 6.61 Å². The van der Waals surface area contributed by atoms with Crippen LogP contribution in [-0.2, 0) is 15.9 Å². The Balaban J connectivity index is 1.85. The van der Waals surface area contributed by atoms with Crippen LogP contribution in [0.3, 0.4) is 0 Å². The van der Waals surface area contributed by atoms with Crippen LogP contribution in [0.1, 0.15) is 50.7 Å². The summed E-state index contributed by atoms with van der Waals surface area (Å²) < 4.78 is 6.18. The zero-order chi connectivity index (χ0) is 15.1. The van der Waals surface area contributed by atoms with Gasteiger partial charge in [0.05, 0.1) is 18.8 Å². The maximum Gasteiger partial charge on any atom is 0.252 e. The van der Waals surface area contributed by atoms with Gasteiger partial charge in [0.15, 0.2) is 0 Å². The highest BCUT2D eigenvalue weighted by molar-refractivity contribution is 5.33. The summed E-state index contributed by atoms with van der Waals surface area (Å²) in [6, 6.07) is 8.38. The first-order chi connectivity index (χ1) is 9.95. The fraction of sp³-hybridized carbons (Fsp3) is 0.611. The molecule has 0 spiro atoms. The van der Waals surface area contributed by atoms with E-state index in [1.54, 1.807) is 0 Å². The van der Waals surface area contributed by atoms with Crippen LogP contribution in [0.4, 0.5) is 0 Å². The molecular weight excluding hydrogens is 262 g/mol. The van der Waals surface area contributed by atoms with Crippen LogP contribution in [0, 0.1) is 12.0 Å². The Morgan fingerprint density at radius 3 is 2.24 bits per heavy atom. The lowest BCUT2D eigenvalue weighted by atomic mass is 9.64. The van der Waals surface area contributed by atoms with E-state index in [9.17, 15) is 5.11 Å². The maximum absolute atomic E-state index is 9.57. The van der Waals surface area contributed by atoms with Gasteiger partial charge in [0.2, 0.25) is 0 Å². The molecule has 1 aromatic carbocycles. The minimum Gasteiger partial charge on any atom is -0.396 e. The first-order valence-corrected chi connectivity index (χ1v) is 7.70. The summed E-state index contributed by atoms with van der Waals surface area (Å²) in [5.74, 6) is 0. The van der Waals surface area contributed by atoms with Crippen molar-refractivity contribution >= 4 is 0 Å². The summed E-state index contributed by atoms with van der Waals surface area (Å²) >= 11 is 0. The molecule has 1 N–H and O–H groups in total. The van der Waals surface area contributed by atoms with Crippen molar-refractivity contribution in [3.8, 4) is 0 Å². The van der Waals surface area contributed by atoms with Crippen molar-refractivity contribution < 1.29 is 9.84 Å². The number of aliphatic hydroxyl groups is 1. The van der Waals surface area contributed by atoms with Gasteiger partial charge in [0, 0.05) is 24.8 Å². The molecule has 1 saturated carbocycles. The van der Waals surface area contributed by atoms with Crippen molar-refractivity contribution in [1.29, 1.82) is 0 Å². The Morgan fingerprint density at radius 1 is 1.19 bits per heavy atom. The van der Waals surface area contributed by atoms with E-state index in [2.05, 4.69) is 29.1 Å². The lowest BCUT2D eigenvalue weighted by Gasteiger charge is -2.52. The fourth-order valence-corrected chi connectivity index (χ4v) is 3.59. The molecule has 3 fully saturated rings. The molecular formula is C18H23NO2. The average Bonchev–Trinajstić information content (AvgIpc) is 2.56. The largest absolute Gasteiger partial charge is 0.396 e. The highest BCUT2D eigenvalue weighted by Gasteiger charge is 2.50. The molecule has 0 amide bonds. The molecule has 2 heterocycles. The van der Waals surface area contributed by atoms with Crippen molar-refractivity contribution in [3.05, 3.63) is 46.8 Å². The van der Waals surface area contributed by atoms with Gasteiger partial charge < -0.3 is 14.7 Å². The molecule has 0 aromatic heterocycles. The van der Waals surface area contributed by atoms with E-state index in [1.165, 1.54) is 5.56 Å². The van der Waals surface area contributed by atoms with Gasteiger partial charge in [-0.3, -0.25) is 0 Å². The van der Waals surface area contributed by atoms with Gasteiger partial charge in [-0.1, -0.05) is 24.3 Å². The SMILES string of the molecule is [C-]#[N+]C(C)(C)c1ccc(C23CCC(CO)(CC2)CO3)cc1. The molecule has 0 atom stereocenters. The maximum atomic E-state index is 9.57. The number of aliphatic hydroxyl groups excluding tert-OH is 1. The van der Waals surface area contributed by atoms with Gasteiger partial charge in [-0.25, -0.2) is 6.57 Å². The van der Waals surface area contributed by atoms with Crippen LogP contribution in [0.5, 0.6) is 0 Å². The highest BCUT2D eigenvalue weighted by atomic mass is 16.5. The van der Waals surface area contributed by atoms with E-state index in [1.807, 2.05) is 13.8 Å². The number of hydrogen-bond donors (Lipinski definition) is 1. The van der Waals surface area contributed by atoms with Crippen molar-refractivity contribution in [2.75, 3.05) is 13.2 Å². The van der Waals surface area contributed by atoms with E-state index < -0.39 is 5.54 Å². The van der Waals surface area contributed by atoms with E-state index in [4.69, 9.17) is 11.3 Å². The van der Waals surface area contributed by atoms with E-state index in [0.717, 1.165) is 31.2 Å². The second-order valence-electron chi connectivity index (χ2n) is 7.19. The monoisotopic (exact) mass is 285 g/mol. The van der Waals surface area contributed by atoms with Crippen LogP contribution in [0.2, 0.25) is 0 Å². The molecule has 3 nitrogen and oxygen atoms in total. The Bertz CT molecular complexity index is 543. The molecule has 2 aliphatic heterocycles. The van der Waals surface area contributed by atoms with Crippen molar-refractivity contribution in [3.63, 3.8) is 0 Å².